The second-order valence-corrected chi connectivity index (χ2v) is 7.14. The number of aryl methyl sites for hydroxylation is 1. The van der Waals surface area contributed by atoms with Crippen LogP contribution in [0.4, 0.5) is 13.2 Å². The molecule has 2 heterocycles. The van der Waals surface area contributed by atoms with E-state index in [0.717, 1.165) is 17.5 Å². The highest BCUT2D eigenvalue weighted by atomic mass is 32.2. The van der Waals surface area contributed by atoms with Crippen LogP contribution in [0.1, 0.15) is 11.3 Å². The molecule has 0 N–H and O–H groups in total. The average molecular weight is 346 g/mol. The topological polar surface area (TPSA) is 69.2 Å². The van der Waals surface area contributed by atoms with Crippen LogP contribution in [0.25, 0.3) is 0 Å². The first-order valence-corrected chi connectivity index (χ1v) is 9.05. The number of rotatable bonds is 3. The van der Waals surface area contributed by atoms with E-state index in [1.54, 1.807) is 6.26 Å². The van der Waals surface area contributed by atoms with Crippen LogP contribution in [0.5, 0.6) is 5.88 Å². The third kappa shape index (κ3) is 3.14. The number of aromatic nitrogens is 2. The molecule has 0 unspecified atom stereocenters. The first-order chi connectivity index (χ1) is 9.24. The maximum Gasteiger partial charge on any atom is 0.534 e. The van der Waals surface area contributed by atoms with Crippen molar-refractivity contribution in [3.05, 3.63) is 11.3 Å². The van der Waals surface area contributed by atoms with Gasteiger partial charge < -0.3 is 4.18 Å². The Bertz CT molecular complexity index is 619. The minimum absolute atomic E-state index is 0.183. The molecule has 0 aliphatic carbocycles. The van der Waals surface area contributed by atoms with Crippen molar-refractivity contribution in [2.75, 3.05) is 12.0 Å². The first-order valence-electron chi connectivity index (χ1n) is 5.27. The molecule has 5 nitrogen and oxygen atoms in total. The molecule has 0 fully saturated rings. The number of hydrogen-bond donors (Lipinski definition) is 0. The van der Waals surface area contributed by atoms with Crippen molar-refractivity contribution in [3.8, 4) is 5.88 Å². The molecular weight excluding hydrogens is 337 g/mol. The normalized spacial score (nSPS) is 15.8. The summed E-state index contributed by atoms with van der Waals surface area (Å²) in [5.74, 6) is 0.569. The zero-order valence-corrected chi connectivity index (χ0v) is 12.5. The molecule has 0 spiro atoms. The van der Waals surface area contributed by atoms with Crippen LogP contribution >= 0.6 is 23.5 Å². The van der Waals surface area contributed by atoms with Gasteiger partial charge in [-0.1, -0.05) is 11.8 Å². The Hall–Kier alpha value is -0.680. The lowest BCUT2D eigenvalue weighted by molar-refractivity contribution is -0.0501. The summed E-state index contributed by atoms with van der Waals surface area (Å²) in [4.78, 5) is 7.91. The molecule has 1 aliphatic rings. The summed E-state index contributed by atoms with van der Waals surface area (Å²) in [6, 6.07) is 0. The molecular formula is C9H9F3N2O3S3. The fourth-order valence-electron chi connectivity index (χ4n) is 1.49. The Balaban J connectivity index is 2.46. The number of nitrogens with zero attached hydrogens (tertiary/aromatic N) is 2. The number of alkyl halides is 3. The Morgan fingerprint density at radius 2 is 2.05 bits per heavy atom. The van der Waals surface area contributed by atoms with Gasteiger partial charge in [0.25, 0.3) is 0 Å². The Morgan fingerprint density at radius 1 is 1.35 bits per heavy atom. The predicted molar refractivity (Wildman–Crippen MR) is 69.3 cm³/mol. The molecule has 2 rings (SSSR count). The number of fused-ring (bicyclic) bond motifs is 1. The van der Waals surface area contributed by atoms with Crippen LogP contribution in [-0.2, 0) is 22.3 Å². The summed E-state index contributed by atoms with van der Waals surface area (Å²) in [5.41, 5.74) is -4.63. The molecule has 112 valence electrons. The largest absolute Gasteiger partial charge is 0.534 e. The van der Waals surface area contributed by atoms with Gasteiger partial charge >= 0.3 is 15.6 Å². The van der Waals surface area contributed by atoms with Gasteiger partial charge in [0.05, 0.1) is 5.69 Å². The fourth-order valence-corrected chi connectivity index (χ4v) is 3.28. The maximum atomic E-state index is 12.4. The van der Waals surface area contributed by atoms with E-state index in [4.69, 9.17) is 0 Å². The molecule has 0 aromatic carbocycles. The SMILES string of the molecule is CSc1nc2c(c(OS(=O)(=O)C(F)(F)F)n1)CSCC2. The molecule has 0 saturated heterocycles. The Morgan fingerprint density at radius 3 is 2.65 bits per heavy atom. The zero-order valence-electron chi connectivity index (χ0n) is 10.1. The smallest absolute Gasteiger partial charge is 0.355 e. The summed E-state index contributed by atoms with van der Waals surface area (Å²) < 4.78 is 63.4. The van der Waals surface area contributed by atoms with Gasteiger partial charge in [0.2, 0.25) is 5.88 Å². The minimum atomic E-state index is -5.72. The van der Waals surface area contributed by atoms with Crippen LogP contribution in [-0.4, -0.2) is 35.9 Å². The van der Waals surface area contributed by atoms with Crippen molar-refractivity contribution in [2.45, 2.75) is 22.8 Å². The number of thioether (sulfide) groups is 2. The number of hydrogen-bond acceptors (Lipinski definition) is 7. The van der Waals surface area contributed by atoms with E-state index in [1.165, 1.54) is 11.8 Å². The first kappa shape index (κ1) is 15.7. The summed E-state index contributed by atoms with van der Waals surface area (Å²) in [6.07, 6.45) is 2.18. The molecule has 20 heavy (non-hydrogen) atoms. The minimum Gasteiger partial charge on any atom is -0.355 e. The highest BCUT2D eigenvalue weighted by Gasteiger charge is 2.49. The van der Waals surface area contributed by atoms with E-state index in [9.17, 15) is 21.6 Å². The second-order valence-electron chi connectivity index (χ2n) is 3.73. The predicted octanol–water partition coefficient (Wildman–Crippen LogP) is 2.22. The monoisotopic (exact) mass is 346 g/mol. The molecule has 11 heteroatoms. The van der Waals surface area contributed by atoms with Crippen molar-refractivity contribution >= 4 is 33.6 Å². The summed E-state index contributed by atoms with van der Waals surface area (Å²) in [5, 5.41) is 0.183. The van der Waals surface area contributed by atoms with E-state index in [2.05, 4.69) is 14.2 Å². The van der Waals surface area contributed by atoms with Crippen LogP contribution in [0.2, 0.25) is 0 Å². The highest BCUT2D eigenvalue weighted by Crippen LogP contribution is 2.34. The standard InChI is InChI=1S/C9H9F3N2O3S3/c1-18-8-13-6-2-3-19-4-5(6)7(14-8)17-20(15,16)9(10,11)12/h2-4H2,1H3. The summed E-state index contributed by atoms with van der Waals surface area (Å²) in [6.45, 7) is 0. The van der Waals surface area contributed by atoms with Crippen LogP contribution < -0.4 is 4.18 Å². The maximum absolute atomic E-state index is 12.4. The molecule has 1 aromatic heterocycles. The molecule has 0 bridgehead atoms. The van der Waals surface area contributed by atoms with E-state index >= 15 is 0 Å². The van der Waals surface area contributed by atoms with E-state index in [0.29, 0.717) is 23.4 Å². The highest BCUT2D eigenvalue weighted by molar-refractivity contribution is 7.98. The molecule has 0 amide bonds. The van der Waals surface area contributed by atoms with Crippen LogP contribution in [0.15, 0.2) is 5.16 Å². The van der Waals surface area contributed by atoms with Gasteiger partial charge in [-0.15, -0.1) is 0 Å². The van der Waals surface area contributed by atoms with Gasteiger partial charge in [-0.2, -0.15) is 38.3 Å². The Kier molecular flexibility index (Phi) is 4.40. The van der Waals surface area contributed by atoms with Crippen molar-refractivity contribution < 1.29 is 25.8 Å². The quantitative estimate of drug-likeness (QED) is 0.360. The van der Waals surface area contributed by atoms with Crippen molar-refractivity contribution in [2.24, 2.45) is 0 Å². The van der Waals surface area contributed by atoms with Gasteiger partial charge in [0, 0.05) is 11.3 Å². The average Bonchev–Trinajstić information content (AvgIpc) is 2.36. The fraction of sp³-hybridized carbons (Fsp3) is 0.556. The van der Waals surface area contributed by atoms with Crippen LogP contribution in [0.3, 0.4) is 0 Å². The van der Waals surface area contributed by atoms with Crippen molar-refractivity contribution in [3.63, 3.8) is 0 Å². The van der Waals surface area contributed by atoms with Gasteiger partial charge in [-0.3, -0.25) is 0 Å². The molecule has 1 aliphatic heterocycles. The van der Waals surface area contributed by atoms with Gasteiger partial charge in [0.15, 0.2) is 5.16 Å². The second kappa shape index (κ2) is 5.60. The zero-order chi connectivity index (χ0) is 15.0. The van der Waals surface area contributed by atoms with E-state index in [-0.39, 0.29) is 5.16 Å². The van der Waals surface area contributed by atoms with E-state index < -0.39 is 21.5 Å². The lowest BCUT2D eigenvalue weighted by atomic mass is 10.2. The molecule has 1 aromatic rings. The number of halogens is 3. The summed E-state index contributed by atoms with van der Waals surface area (Å²) in [7, 11) is -5.72. The van der Waals surface area contributed by atoms with Gasteiger partial charge in [0.1, 0.15) is 0 Å². The van der Waals surface area contributed by atoms with Crippen molar-refractivity contribution in [1.82, 2.24) is 9.97 Å². The lowest BCUT2D eigenvalue weighted by Crippen LogP contribution is -2.29. The summed E-state index contributed by atoms with van der Waals surface area (Å²) >= 11 is 2.56. The van der Waals surface area contributed by atoms with Crippen LogP contribution in [0, 0.1) is 0 Å². The molecule has 0 saturated carbocycles. The third-order valence-electron chi connectivity index (χ3n) is 2.42. The van der Waals surface area contributed by atoms with Crippen molar-refractivity contribution in [1.29, 1.82) is 0 Å². The van der Waals surface area contributed by atoms with E-state index in [1.807, 2.05) is 0 Å². The third-order valence-corrected chi connectivity index (χ3v) is 4.90. The van der Waals surface area contributed by atoms with Gasteiger partial charge in [-0.05, 0) is 18.4 Å². The Labute approximate surface area is 121 Å². The lowest BCUT2D eigenvalue weighted by Gasteiger charge is -2.18. The molecule has 0 atom stereocenters. The van der Waals surface area contributed by atoms with Gasteiger partial charge in [-0.25, -0.2) is 4.98 Å². The molecule has 0 radical (unpaired) electrons.